The number of fused-ring (bicyclic) bond motifs is 1. The molecular formula is C11H18N4O. The number of primary amides is 1. The summed E-state index contributed by atoms with van der Waals surface area (Å²) in [5.74, 6) is 0.534. The van der Waals surface area contributed by atoms with Crippen LogP contribution in [-0.4, -0.2) is 22.0 Å². The van der Waals surface area contributed by atoms with Crippen LogP contribution in [0, 0.1) is 6.92 Å². The molecule has 0 atom stereocenters. The number of rotatable bonds is 2. The van der Waals surface area contributed by atoms with E-state index in [4.69, 9.17) is 5.73 Å². The van der Waals surface area contributed by atoms with Crippen molar-refractivity contribution in [3.05, 3.63) is 17.2 Å². The summed E-state index contributed by atoms with van der Waals surface area (Å²) >= 11 is 0. The first-order valence-electron chi connectivity index (χ1n) is 5.53. The van der Waals surface area contributed by atoms with Crippen LogP contribution in [-0.2, 0) is 23.3 Å². The third kappa shape index (κ3) is 1.51. The second-order valence-corrected chi connectivity index (χ2v) is 4.74. The van der Waals surface area contributed by atoms with E-state index in [0.29, 0.717) is 0 Å². The Labute approximate surface area is 95.0 Å². The molecule has 0 aromatic carbocycles. The average Bonchev–Trinajstić information content (AvgIpc) is 2.53. The van der Waals surface area contributed by atoms with Crippen molar-refractivity contribution in [3.8, 4) is 0 Å². The van der Waals surface area contributed by atoms with E-state index < -0.39 is 5.54 Å². The zero-order valence-electron chi connectivity index (χ0n) is 10.0. The summed E-state index contributed by atoms with van der Waals surface area (Å²) in [7, 11) is 0. The third-order valence-electron chi connectivity index (χ3n) is 3.22. The van der Waals surface area contributed by atoms with Gasteiger partial charge >= 0.3 is 0 Å². The van der Waals surface area contributed by atoms with E-state index in [0.717, 1.165) is 36.7 Å². The van der Waals surface area contributed by atoms with Gasteiger partial charge in [0.15, 0.2) is 0 Å². The lowest BCUT2D eigenvalue weighted by molar-refractivity contribution is -0.125. The maximum absolute atomic E-state index is 11.5. The van der Waals surface area contributed by atoms with Crippen molar-refractivity contribution in [2.45, 2.75) is 39.3 Å². The molecule has 0 saturated heterocycles. The SMILES string of the molecule is Cc1nc2c(n1C(C)(C)C(N)=O)CCNC2. The minimum absolute atomic E-state index is 0.325. The summed E-state index contributed by atoms with van der Waals surface area (Å²) in [4.78, 5) is 16.0. The van der Waals surface area contributed by atoms with Crippen molar-refractivity contribution in [3.63, 3.8) is 0 Å². The number of hydrogen-bond donors (Lipinski definition) is 2. The molecule has 5 heteroatoms. The van der Waals surface area contributed by atoms with E-state index in [1.54, 1.807) is 0 Å². The molecule has 2 heterocycles. The lowest BCUT2D eigenvalue weighted by Crippen LogP contribution is -2.43. The molecule has 1 aliphatic heterocycles. The van der Waals surface area contributed by atoms with Gasteiger partial charge in [-0.1, -0.05) is 0 Å². The van der Waals surface area contributed by atoms with Crippen LogP contribution in [0.1, 0.15) is 31.1 Å². The molecule has 1 aliphatic rings. The number of carbonyl (C=O) groups is 1. The van der Waals surface area contributed by atoms with E-state index in [2.05, 4.69) is 10.3 Å². The summed E-state index contributed by atoms with van der Waals surface area (Å²) in [5.41, 5.74) is 6.93. The van der Waals surface area contributed by atoms with E-state index in [1.807, 2.05) is 25.3 Å². The van der Waals surface area contributed by atoms with Crippen LogP contribution in [0.4, 0.5) is 0 Å². The average molecular weight is 222 g/mol. The van der Waals surface area contributed by atoms with Crippen molar-refractivity contribution >= 4 is 5.91 Å². The van der Waals surface area contributed by atoms with E-state index in [9.17, 15) is 4.79 Å². The van der Waals surface area contributed by atoms with Gasteiger partial charge in [0, 0.05) is 25.2 Å². The molecule has 0 spiro atoms. The number of aromatic nitrogens is 2. The summed E-state index contributed by atoms with van der Waals surface area (Å²) in [6.07, 6.45) is 0.896. The molecule has 0 aliphatic carbocycles. The van der Waals surface area contributed by atoms with E-state index >= 15 is 0 Å². The molecule has 0 bridgehead atoms. The number of amides is 1. The lowest BCUT2D eigenvalue weighted by atomic mass is 10.0. The Morgan fingerprint density at radius 1 is 1.56 bits per heavy atom. The first-order valence-corrected chi connectivity index (χ1v) is 5.53. The highest BCUT2D eigenvalue weighted by Crippen LogP contribution is 2.24. The normalized spacial score (nSPS) is 15.9. The number of nitrogens with two attached hydrogens (primary N) is 1. The van der Waals surface area contributed by atoms with Crippen LogP contribution in [0.25, 0.3) is 0 Å². The van der Waals surface area contributed by atoms with Crippen LogP contribution >= 0.6 is 0 Å². The first kappa shape index (κ1) is 11.1. The van der Waals surface area contributed by atoms with Gasteiger partial charge in [-0.25, -0.2) is 4.98 Å². The van der Waals surface area contributed by atoms with Gasteiger partial charge in [-0.15, -0.1) is 0 Å². The molecule has 0 saturated carbocycles. The predicted octanol–water partition coefficient (Wildman–Crippen LogP) is 0.0576. The quantitative estimate of drug-likeness (QED) is 0.743. The van der Waals surface area contributed by atoms with Crippen LogP contribution < -0.4 is 11.1 Å². The minimum atomic E-state index is -0.706. The molecule has 2 rings (SSSR count). The highest BCUT2D eigenvalue weighted by Gasteiger charge is 2.32. The lowest BCUT2D eigenvalue weighted by Gasteiger charge is -2.28. The zero-order valence-corrected chi connectivity index (χ0v) is 10.0. The maximum Gasteiger partial charge on any atom is 0.243 e. The molecule has 0 radical (unpaired) electrons. The standard InChI is InChI=1S/C11H18N4O/c1-7-14-8-6-13-5-4-9(8)15(7)11(2,3)10(12)16/h13H,4-6H2,1-3H3,(H2,12,16). The van der Waals surface area contributed by atoms with Gasteiger partial charge < -0.3 is 15.6 Å². The van der Waals surface area contributed by atoms with Crippen LogP contribution in [0.2, 0.25) is 0 Å². The minimum Gasteiger partial charge on any atom is -0.368 e. The fourth-order valence-electron chi connectivity index (χ4n) is 2.30. The highest BCUT2D eigenvalue weighted by molar-refractivity contribution is 5.82. The summed E-state index contributed by atoms with van der Waals surface area (Å²) < 4.78 is 1.98. The highest BCUT2D eigenvalue weighted by atomic mass is 16.1. The van der Waals surface area contributed by atoms with Gasteiger partial charge in [0.1, 0.15) is 11.4 Å². The fraction of sp³-hybridized carbons (Fsp3) is 0.636. The molecule has 1 aromatic rings. The molecule has 5 nitrogen and oxygen atoms in total. The number of aryl methyl sites for hydroxylation is 1. The smallest absolute Gasteiger partial charge is 0.243 e. The van der Waals surface area contributed by atoms with Crippen LogP contribution in [0.15, 0.2) is 0 Å². The molecular weight excluding hydrogens is 204 g/mol. The van der Waals surface area contributed by atoms with Gasteiger partial charge in [0.05, 0.1) is 5.69 Å². The Bertz CT molecular complexity index is 433. The summed E-state index contributed by atoms with van der Waals surface area (Å²) in [6.45, 7) is 7.30. The Kier molecular flexibility index (Phi) is 2.50. The Balaban J connectivity index is 2.56. The number of nitrogens with zero attached hydrogens (tertiary/aromatic N) is 2. The van der Waals surface area contributed by atoms with Crippen LogP contribution in [0.5, 0.6) is 0 Å². The monoisotopic (exact) mass is 222 g/mol. The van der Waals surface area contributed by atoms with Crippen molar-refractivity contribution < 1.29 is 4.79 Å². The fourth-order valence-corrected chi connectivity index (χ4v) is 2.30. The first-order chi connectivity index (χ1) is 7.44. The Morgan fingerprint density at radius 3 is 2.88 bits per heavy atom. The van der Waals surface area contributed by atoms with E-state index in [-0.39, 0.29) is 5.91 Å². The second-order valence-electron chi connectivity index (χ2n) is 4.74. The van der Waals surface area contributed by atoms with Crippen molar-refractivity contribution in [1.29, 1.82) is 0 Å². The number of nitrogens with one attached hydrogen (secondary N) is 1. The van der Waals surface area contributed by atoms with Gasteiger partial charge in [0.25, 0.3) is 0 Å². The molecule has 88 valence electrons. The predicted molar refractivity (Wildman–Crippen MR) is 60.9 cm³/mol. The van der Waals surface area contributed by atoms with Crippen molar-refractivity contribution in [1.82, 2.24) is 14.9 Å². The van der Waals surface area contributed by atoms with E-state index in [1.165, 1.54) is 0 Å². The second kappa shape index (κ2) is 3.59. The number of carbonyl (C=O) groups excluding carboxylic acids is 1. The van der Waals surface area contributed by atoms with Gasteiger partial charge in [-0.2, -0.15) is 0 Å². The molecule has 3 N–H and O–H groups in total. The summed E-state index contributed by atoms with van der Waals surface area (Å²) in [6, 6.07) is 0. The maximum atomic E-state index is 11.5. The van der Waals surface area contributed by atoms with Crippen LogP contribution in [0.3, 0.4) is 0 Å². The summed E-state index contributed by atoms with van der Waals surface area (Å²) in [5, 5.41) is 3.27. The molecule has 0 unspecified atom stereocenters. The van der Waals surface area contributed by atoms with Gasteiger partial charge in [-0.3, -0.25) is 4.79 Å². The molecule has 0 fully saturated rings. The van der Waals surface area contributed by atoms with Crippen molar-refractivity contribution in [2.75, 3.05) is 6.54 Å². The molecule has 1 amide bonds. The topological polar surface area (TPSA) is 72.9 Å². The molecule has 1 aromatic heterocycles. The Hall–Kier alpha value is -1.36. The Morgan fingerprint density at radius 2 is 2.25 bits per heavy atom. The largest absolute Gasteiger partial charge is 0.368 e. The van der Waals surface area contributed by atoms with Crippen molar-refractivity contribution in [2.24, 2.45) is 5.73 Å². The zero-order chi connectivity index (χ0) is 11.9. The van der Waals surface area contributed by atoms with Gasteiger partial charge in [0.2, 0.25) is 5.91 Å². The number of hydrogen-bond acceptors (Lipinski definition) is 3. The third-order valence-corrected chi connectivity index (χ3v) is 3.22. The molecule has 16 heavy (non-hydrogen) atoms. The number of imidazole rings is 1. The van der Waals surface area contributed by atoms with Gasteiger partial charge in [-0.05, 0) is 20.8 Å².